The molecule has 5 heteroatoms. The summed E-state index contributed by atoms with van der Waals surface area (Å²) in [7, 11) is 0. The molecular formula is C18H25NO4. The number of nitrogens with zero attached hydrogens (tertiary/aromatic N) is 1. The third-order valence-corrected chi connectivity index (χ3v) is 3.63. The summed E-state index contributed by atoms with van der Waals surface area (Å²) in [6.07, 6.45) is 1.65. The van der Waals surface area contributed by atoms with Crippen LogP contribution >= 0.6 is 0 Å². The zero-order valence-corrected chi connectivity index (χ0v) is 14.1. The summed E-state index contributed by atoms with van der Waals surface area (Å²) in [6, 6.07) is 9.33. The molecule has 0 spiro atoms. The second-order valence-corrected chi connectivity index (χ2v) is 6.73. The third-order valence-electron chi connectivity index (χ3n) is 3.63. The Balaban J connectivity index is 1.84. The molecule has 1 aromatic rings. The van der Waals surface area contributed by atoms with E-state index in [0.717, 1.165) is 12.0 Å². The normalized spacial score (nSPS) is 17.9. The Morgan fingerprint density at radius 2 is 1.91 bits per heavy atom. The number of carbonyl (C=O) groups excluding carboxylic acids is 2. The number of carbonyl (C=O) groups is 2. The van der Waals surface area contributed by atoms with Gasteiger partial charge in [0.2, 0.25) is 0 Å². The van der Waals surface area contributed by atoms with E-state index in [1.807, 2.05) is 51.1 Å². The molecule has 0 aromatic heterocycles. The van der Waals surface area contributed by atoms with Crippen LogP contribution in [0.4, 0.5) is 4.79 Å². The van der Waals surface area contributed by atoms with Gasteiger partial charge in [-0.2, -0.15) is 0 Å². The molecule has 126 valence electrons. The Labute approximate surface area is 137 Å². The number of hydrogen-bond donors (Lipinski definition) is 0. The minimum Gasteiger partial charge on any atom is -0.464 e. The highest BCUT2D eigenvalue weighted by Crippen LogP contribution is 2.21. The number of esters is 1. The summed E-state index contributed by atoms with van der Waals surface area (Å²) in [5, 5.41) is 0. The molecule has 2 rings (SSSR count). The largest absolute Gasteiger partial charge is 0.464 e. The molecule has 0 saturated carbocycles. The topological polar surface area (TPSA) is 55.8 Å². The van der Waals surface area contributed by atoms with Crippen molar-refractivity contribution in [2.75, 3.05) is 13.2 Å². The van der Waals surface area contributed by atoms with Crippen LogP contribution in [0, 0.1) is 0 Å². The average molecular weight is 319 g/mol. The number of benzene rings is 1. The van der Waals surface area contributed by atoms with E-state index in [9.17, 15) is 9.59 Å². The molecule has 1 heterocycles. The first kappa shape index (κ1) is 17.3. The van der Waals surface area contributed by atoms with Gasteiger partial charge in [0.15, 0.2) is 0 Å². The fourth-order valence-electron chi connectivity index (χ4n) is 2.56. The van der Waals surface area contributed by atoms with Gasteiger partial charge in [0.1, 0.15) is 11.6 Å². The van der Waals surface area contributed by atoms with Crippen LogP contribution in [0.2, 0.25) is 0 Å². The van der Waals surface area contributed by atoms with Crippen molar-refractivity contribution in [3.8, 4) is 0 Å². The van der Waals surface area contributed by atoms with E-state index < -0.39 is 17.7 Å². The van der Waals surface area contributed by atoms with Crippen molar-refractivity contribution in [3.05, 3.63) is 35.9 Å². The molecule has 5 nitrogen and oxygen atoms in total. The highest BCUT2D eigenvalue weighted by atomic mass is 16.6. The smallest absolute Gasteiger partial charge is 0.411 e. The molecule has 1 aromatic carbocycles. The lowest BCUT2D eigenvalue weighted by Crippen LogP contribution is -2.44. The Hall–Kier alpha value is -2.04. The van der Waals surface area contributed by atoms with Gasteiger partial charge in [0.25, 0.3) is 0 Å². The van der Waals surface area contributed by atoms with Gasteiger partial charge in [-0.15, -0.1) is 0 Å². The Kier molecular flexibility index (Phi) is 5.64. The zero-order valence-electron chi connectivity index (χ0n) is 14.1. The Morgan fingerprint density at radius 1 is 1.22 bits per heavy atom. The summed E-state index contributed by atoms with van der Waals surface area (Å²) in [5.41, 5.74) is 0.553. The first-order chi connectivity index (χ1) is 10.9. The summed E-state index contributed by atoms with van der Waals surface area (Å²) >= 11 is 0. The van der Waals surface area contributed by atoms with E-state index in [4.69, 9.17) is 9.47 Å². The van der Waals surface area contributed by atoms with E-state index in [1.54, 1.807) is 0 Å². The lowest BCUT2D eigenvalue weighted by molar-refractivity contribution is -0.148. The number of hydrogen-bond acceptors (Lipinski definition) is 4. The first-order valence-corrected chi connectivity index (χ1v) is 8.07. The maximum Gasteiger partial charge on any atom is 0.411 e. The number of ether oxygens (including phenoxy) is 2. The highest BCUT2D eigenvalue weighted by molar-refractivity contribution is 5.82. The molecule has 23 heavy (non-hydrogen) atoms. The minimum atomic E-state index is -0.568. The van der Waals surface area contributed by atoms with Crippen LogP contribution in [-0.2, 0) is 20.7 Å². The molecule has 0 bridgehead atoms. The first-order valence-electron chi connectivity index (χ1n) is 8.07. The summed E-state index contributed by atoms with van der Waals surface area (Å²) < 4.78 is 10.7. The van der Waals surface area contributed by atoms with Crippen molar-refractivity contribution in [1.29, 1.82) is 0 Å². The van der Waals surface area contributed by atoms with Gasteiger partial charge in [0, 0.05) is 13.0 Å². The van der Waals surface area contributed by atoms with Gasteiger partial charge in [0.05, 0.1) is 6.61 Å². The van der Waals surface area contributed by atoms with Crippen LogP contribution in [0.25, 0.3) is 0 Å². The van der Waals surface area contributed by atoms with Crippen molar-refractivity contribution in [2.45, 2.75) is 51.7 Å². The van der Waals surface area contributed by atoms with E-state index in [-0.39, 0.29) is 5.97 Å². The third kappa shape index (κ3) is 5.27. The fourth-order valence-corrected chi connectivity index (χ4v) is 2.56. The van der Waals surface area contributed by atoms with Crippen molar-refractivity contribution < 1.29 is 19.1 Å². The number of likely N-dealkylation sites (tertiary alicyclic amines) is 1. The fraction of sp³-hybridized carbons (Fsp3) is 0.556. The van der Waals surface area contributed by atoms with Crippen molar-refractivity contribution in [2.24, 2.45) is 0 Å². The van der Waals surface area contributed by atoms with Crippen LogP contribution in [0.5, 0.6) is 0 Å². The van der Waals surface area contributed by atoms with Crippen molar-refractivity contribution in [3.63, 3.8) is 0 Å². The van der Waals surface area contributed by atoms with E-state index in [1.165, 1.54) is 4.90 Å². The van der Waals surface area contributed by atoms with Crippen LogP contribution in [0.15, 0.2) is 30.3 Å². The SMILES string of the molecule is CC(C)(C)OC(=O)N1CCCC1C(=O)OCCc1ccccc1. The van der Waals surface area contributed by atoms with E-state index in [0.29, 0.717) is 26.0 Å². The molecule has 1 unspecified atom stereocenters. The van der Waals surface area contributed by atoms with Crippen LogP contribution < -0.4 is 0 Å². The zero-order chi connectivity index (χ0) is 16.9. The summed E-state index contributed by atoms with van der Waals surface area (Å²) in [6.45, 7) is 6.30. The number of amides is 1. The average Bonchev–Trinajstić information content (AvgIpc) is 2.96. The molecule has 1 saturated heterocycles. The summed E-state index contributed by atoms with van der Waals surface area (Å²) in [5.74, 6) is -0.343. The van der Waals surface area contributed by atoms with Crippen LogP contribution in [0.1, 0.15) is 39.2 Å². The van der Waals surface area contributed by atoms with E-state index in [2.05, 4.69) is 0 Å². The quantitative estimate of drug-likeness (QED) is 0.800. The predicted octanol–water partition coefficient (Wildman–Crippen LogP) is 3.17. The highest BCUT2D eigenvalue weighted by Gasteiger charge is 2.37. The molecule has 1 aliphatic rings. The second kappa shape index (κ2) is 7.49. The molecular weight excluding hydrogens is 294 g/mol. The molecule has 1 amide bonds. The second-order valence-electron chi connectivity index (χ2n) is 6.73. The molecule has 1 fully saturated rings. The monoisotopic (exact) mass is 319 g/mol. The molecule has 0 N–H and O–H groups in total. The molecule has 0 aliphatic carbocycles. The van der Waals surface area contributed by atoms with Gasteiger partial charge < -0.3 is 9.47 Å². The lowest BCUT2D eigenvalue weighted by atomic mass is 10.2. The van der Waals surface area contributed by atoms with Gasteiger partial charge >= 0.3 is 12.1 Å². The minimum absolute atomic E-state index is 0.321. The van der Waals surface area contributed by atoms with Gasteiger partial charge in [-0.05, 0) is 39.2 Å². The van der Waals surface area contributed by atoms with Crippen LogP contribution in [0.3, 0.4) is 0 Å². The summed E-state index contributed by atoms with van der Waals surface area (Å²) in [4.78, 5) is 25.9. The molecule has 1 aliphatic heterocycles. The Bertz CT molecular complexity index is 536. The number of rotatable bonds is 4. The maximum absolute atomic E-state index is 12.2. The standard InChI is InChI=1S/C18H25NO4/c1-18(2,3)23-17(21)19-12-7-10-15(19)16(20)22-13-11-14-8-5-4-6-9-14/h4-6,8-9,15H,7,10-13H2,1-3H3. The lowest BCUT2D eigenvalue weighted by Gasteiger charge is -2.27. The van der Waals surface area contributed by atoms with Crippen molar-refractivity contribution in [1.82, 2.24) is 4.90 Å². The molecule has 0 radical (unpaired) electrons. The van der Waals surface area contributed by atoms with Crippen molar-refractivity contribution >= 4 is 12.1 Å². The van der Waals surface area contributed by atoms with E-state index >= 15 is 0 Å². The van der Waals surface area contributed by atoms with Gasteiger partial charge in [-0.1, -0.05) is 30.3 Å². The Morgan fingerprint density at radius 3 is 2.57 bits per heavy atom. The predicted molar refractivity (Wildman–Crippen MR) is 87.1 cm³/mol. The van der Waals surface area contributed by atoms with Crippen LogP contribution in [-0.4, -0.2) is 41.8 Å². The van der Waals surface area contributed by atoms with Gasteiger partial charge in [-0.25, -0.2) is 9.59 Å². The molecule has 1 atom stereocenters. The van der Waals surface area contributed by atoms with Gasteiger partial charge in [-0.3, -0.25) is 4.90 Å². The maximum atomic E-state index is 12.2.